The number of rotatable bonds is 2. The number of hydrogen-bond acceptors (Lipinski definition) is 5. The van der Waals surface area contributed by atoms with Gasteiger partial charge in [0.2, 0.25) is 5.65 Å². The molecule has 1 aliphatic heterocycles. The van der Waals surface area contributed by atoms with E-state index in [2.05, 4.69) is 54.8 Å². The third-order valence-electron chi connectivity index (χ3n) is 4.78. The lowest BCUT2D eigenvalue weighted by atomic mass is 10.1. The molecule has 0 N–H and O–H groups in total. The largest absolute Gasteiger partial charge is 0.349 e. The zero-order chi connectivity index (χ0) is 16.3. The van der Waals surface area contributed by atoms with Crippen LogP contribution < -0.4 is 4.90 Å². The van der Waals surface area contributed by atoms with Gasteiger partial charge in [0.1, 0.15) is 11.6 Å². The Hall–Kier alpha value is -2.96. The van der Waals surface area contributed by atoms with Gasteiger partial charge in [0.25, 0.3) is 0 Å². The number of para-hydroxylation sites is 2. The first-order valence-electron chi connectivity index (χ1n) is 8.07. The fourth-order valence-electron chi connectivity index (χ4n) is 3.57. The molecule has 1 saturated heterocycles. The summed E-state index contributed by atoms with van der Waals surface area (Å²) in [5.74, 6) is 2.84. The quantitative estimate of drug-likeness (QED) is 0.566. The normalized spacial score (nSPS) is 15.3. The number of anilines is 1. The highest BCUT2D eigenvalue weighted by molar-refractivity contribution is 5.76. The van der Waals surface area contributed by atoms with Crippen LogP contribution in [0.2, 0.25) is 0 Å². The van der Waals surface area contributed by atoms with Crippen molar-refractivity contribution in [1.29, 1.82) is 0 Å². The maximum absolute atomic E-state index is 4.67. The van der Waals surface area contributed by atoms with Crippen LogP contribution in [0.3, 0.4) is 0 Å². The van der Waals surface area contributed by atoms with Crippen LogP contribution in [0.25, 0.3) is 16.7 Å². The Morgan fingerprint density at radius 3 is 2.75 bits per heavy atom. The number of nitrogens with zero attached hydrogens (tertiary/aromatic N) is 7. The van der Waals surface area contributed by atoms with Crippen molar-refractivity contribution < 1.29 is 0 Å². The highest BCUT2D eigenvalue weighted by Crippen LogP contribution is 2.32. The molecule has 5 rings (SSSR count). The monoisotopic (exact) mass is 319 g/mol. The van der Waals surface area contributed by atoms with Gasteiger partial charge in [-0.1, -0.05) is 12.1 Å². The Morgan fingerprint density at radius 1 is 1.04 bits per heavy atom. The van der Waals surface area contributed by atoms with E-state index < -0.39 is 0 Å². The van der Waals surface area contributed by atoms with E-state index in [4.69, 9.17) is 0 Å². The van der Waals surface area contributed by atoms with E-state index in [-0.39, 0.29) is 0 Å². The highest BCUT2D eigenvalue weighted by Gasteiger charge is 2.32. The van der Waals surface area contributed by atoms with Crippen molar-refractivity contribution in [3.05, 3.63) is 48.3 Å². The summed E-state index contributed by atoms with van der Waals surface area (Å²) >= 11 is 0. The number of fused-ring (bicyclic) bond motifs is 2. The second kappa shape index (κ2) is 4.77. The predicted molar refractivity (Wildman–Crippen MR) is 91.2 cm³/mol. The highest BCUT2D eigenvalue weighted by atomic mass is 15.3. The molecule has 0 radical (unpaired) electrons. The molecule has 1 aromatic carbocycles. The minimum absolute atomic E-state index is 0.406. The second-order valence-corrected chi connectivity index (χ2v) is 6.27. The second-order valence-electron chi connectivity index (χ2n) is 6.27. The fraction of sp³-hybridized carbons (Fsp3) is 0.294. The number of aromatic nitrogens is 6. The van der Waals surface area contributed by atoms with Crippen molar-refractivity contribution in [2.24, 2.45) is 0 Å². The molecule has 24 heavy (non-hydrogen) atoms. The van der Waals surface area contributed by atoms with Gasteiger partial charge < -0.3 is 9.47 Å². The standard InChI is InChI=1S/C17H17N7/c1-11-19-14-5-3-4-6-15(14)24(11)13-9-22(10-13)16-17-21-20-12(2)23(17)8-7-18-16/h3-8,13H,9-10H2,1-2H3. The van der Waals surface area contributed by atoms with Crippen molar-refractivity contribution in [3.63, 3.8) is 0 Å². The zero-order valence-corrected chi connectivity index (χ0v) is 13.6. The molecular weight excluding hydrogens is 302 g/mol. The summed E-state index contributed by atoms with van der Waals surface area (Å²) in [5.41, 5.74) is 3.08. The van der Waals surface area contributed by atoms with Crippen molar-refractivity contribution in [2.45, 2.75) is 19.9 Å². The minimum atomic E-state index is 0.406. The summed E-state index contributed by atoms with van der Waals surface area (Å²) in [6, 6.07) is 8.71. The summed E-state index contributed by atoms with van der Waals surface area (Å²) in [6.07, 6.45) is 3.71. The first-order chi connectivity index (χ1) is 11.7. The third kappa shape index (κ3) is 1.78. The van der Waals surface area contributed by atoms with E-state index in [1.54, 1.807) is 0 Å². The van der Waals surface area contributed by atoms with E-state index in [0.717, 1.165) is 41.7 Å². The summed E-state index contributed by atoms with van der Waals surface area (Å²) in [4.78, 5) is 11.4. The van der Waals surface area contributed by atoms with Crippen LogP contribution in [0.1, 0.15) is 17.7 Å². The van der Waals surface area contributed by atoms with Crippen molar-refractivity contribution >= 4 is 22.5 Å². The van der Waals surface area contributed by atoms with E-state index >= 15 is 0 Å². The predicted octanol–water partition coefficient (Wildman–Crippen LogP) is 2.15. The Balaban J connectivity index is 1.48. The Morgan fingerprint density at radius 2 is 1.88 bits per heavy atom. The molecule has 0 spiro atoms. The van der Waals surface area contributed by atoms with Crippen LogP contribution in [0.4, 0.5) is 5.82 Å². The summed E-state index contributed by atoms with van der Waals surface area (Å²) in [5, 5.41) is 8.42. The van der Waals surface area contributed by atoms with Gasteiger partial charge in [-0.05, 0) is 26.0 Å². The number of hydrogen-bond donors (Lipinski definition) is 0. The summed E-state index contributed by atoms with van der Waals surface area (Å²) in [6.45, 7) is 5.83. The average molecular weight is 319 g/mol. The van der Waals surface area contributed by atoms with Gasteiger partial charge in [-0.3, -0.25) is 4.40 Å². The molecule has 120 valence electrons. The molecule has 0 saturated carbocycles. The molecular formula is C17H17N7. The molecule has 0 unspecified atom stereocenters. The van der Waals surface area contributed by atoms with Gasteiger partial charge in [-0.25, -0.2) is 9.97 Å². The first kappa shape index (κ1) is 13.5. The van der Waals surface area contributed by atoms with Gasteiger partial charge in [0.05, 0.1) is 17.1 Å². The van der Waals surface area contributed by atoms with Gasteiger partial charge in [-0.15, -0.1) is 10.2 Å². The minimum Gasteiger partial charge on any atom is -0.349 e. The lowest BCUT2D eigenvalue weighted by molar-refractivity contribution is 0.399. The van der Waals surface area contributed by atoms with Crippen molar-refractivity contribution in [3.8, 4) is 0 Å². The molecule has 0 atom stereocenters. The van der Waals surface area contributed by atoms with Crippen molar-refractivity contribution in [2.75, 3.05) is 18.0 Å². The molecule has 7 heteroatoms. The maximum atomic E-state index is 4.67. The maximum Gasteiger partial charge on any atom is 0.203 e. The van der Waals surface area contributed by atoms with Gasteiger partial charge in [-0.2, -0.15) is 0 Å². The lowest BCUT2D eigenvalue weighted by Gasteiger charge is -2.41. The molecule has 7 nitrogen and oxygen atoms in total. The van der Waals surface area contributed by atoms with E-state index in [9.17, 15) is 0 Å². The summed E-state index contributed by atoms with van der Waals surface area (Å²) < 4.78 is 4.31. The van der Waals surface area contributed by atoms with Gasteiger partial charge in [0.15, 0.2) is 5.82 Å². The number of aryl methyl sites for hydroxylation is 2. The Bertz CT molecular complexity index is 1060. The van der Waals surface area contributed by atoms with Gasteiger partial charge >= 0.3 is 0 Å². The lowest BCUT2D eigenvalue weighted by Crippen LogP contribution is -2.48. The van der Waals surface area contributed by atoms with Crippen LogP contribution in [0.15, 0.2) is 36.7 Å². The van der Waals surface area contributed by atoms with Gasteiger partial charge in [0, 0.05) is 25.5 Å². The van der Waals surface area contributed by atoms with Crippen LogP contribution >= 0.6 is 0 Å². The molecule has 0 bridgehead atoms. The van der Waals surface area contributed by atoms with Crippen LogP contribution in [0.5, 0.6) is 0 Å². The molecule has 1 fully saturated rings. The zero-order valence-electron chi connectivity index (χ0n) is 13.6. The average Bonchev–Trinajstić information content (AvgIpc) is 3.08. The van der Waals surface area contributed by atoms with E-state index in [0.29, 0.717) is 6.04 Å². The van der Waals surface area contributed by atoms with E-state index in [1.165, 1.54) is 5.52 Å². The topological polar surface area (TPSA) is 64.1 Å². The van der Waals surface area contributed by atoms with Crippen LogP contribution in [-0.4, -0.2) is 42.2 Å². The molecule has 4 aromatic rings. The SMILES string of the molecule is Cc1nc2ccccc2n1C1CN(c2nccn3c(C)nnc23)C1. The smallest absolute Gasteiger partial charge is 0.203 e. The molecule has 3 aromatic heterocycles. The molecule has 0 aliphatic carbocycles. The fourth-order valence-corrected chi connectivity index (χ4v) is 3.57. The molecule has 4 heterocycles. The molecule has 0 amide bonds. The number of imidazole rings is 1. The Labute approximate surface area is 138 Å². The van der Waals surface area contributed by atoms with E-state index in [1.807, 2.05) is 29.8 Å². The Kier molecular flexibility index (Phi) is 2.68. The first-order valence-corrected chi connectivity index (χ1v) is 8.07. The van der Waals surface area contributed by atoms with Crippen LogP contribution in [0, 0.1) is 13.8 Å². The molecule has 1 aliphatic rings. The number of benzene rings is 1. The van der Waals surface area contributed by atoms with Crippen LogP contribution in [-0.2, 0) is 0 Å². The summed E-state index contributed by atoms with van der Waals surface area (Å²) in [7, 11) is 0. The third-order valence-corrected chi connectivity index (χ3v) is 4.78. The van der Waals surface area contributed by atoms with Crippen molar-refractivity contribution in [1.82, 2.24) is 29.1 Å².